The van der Waals surface area contributed by atoms with Crippen molar-refractivity contribution in [2.24, 2.45) is 7.05 Å². The Balaban J connectivity index is 1.49. The second-order valence-corrected chi connectivity index (χ2v) is 7.20. The second-order valence-electron chi connectivity index (χ2n) is 7.20. The molecule has 3 heterocycles. The number of benzene rings is 1. The Morgan fingerprint density at radius 3 is 2.86 bits per heavy atom. The van der Waals surface area contributed by atoms with Gasteiger partial charge < -0.3 is 9.64 Å². The smallest absolute Gasteiger partial charge is 0.263 e. The summed E-state index contributed by atoms with van der Waals surface area (Å²) in [7, 11) is 1.82. The van der Waals surface area contributed by atoms with E-state index in [1.807, 2.05) is 7.05 Å². The molecule has 1 amide bonds. The minimum atomic E-state index is -0.894. The lowest BCUT2D eigenvalue weighted by Gasteiger charge is -2.33. The number of carbonyl (C=O) groups excluding carboxylic acids is 1. The number of ether oxygens (including phenoxy) is 1. The van der Waals surface area contributed by atoms with Gasteiger partial charge in [0.2, 0.25) is 0 Å². The van der Waals surface area contributed by atoms with Crippen LogP contribution in [0.25, 0.3) is 11.2 Å². The number of likely N-dealkylation sites (tertiary alicyclic amines) is 1. The van der Waals surface area contributed by atoms with Gasteiger partial charge in [-0.3, -0.25) is 4.79 Å². The zero-order chi connectivity index (χ0) is 20.5. The first-order chi connectivity index (χ1) is 13.9. The van der Waals surface area contributed by atoms with Crippen LogP contribution in [0.4, 0.5) is 8.78 Å². The van der Waals surface area contributed by atoms with Crippen LogP contribution in [0.1, 0.15) is 31.4 Å². The number of hydrogen-bond donors (Lipinski definition) is 0. The van der Waals surface area contributed by atoms with Crippen LogP contribution < -0.4 is 4.74 Å². The molecule has 0 saturated carbocycles. The largest absolute Gasteiger partial charge is 0.478 e. The number of hydrogen-bond acceptors (Lipinski definition) is 5. The fourth-order valence-electron chi connectivity index (χ4n) is 3.75. The predicted molar refractivity (Wildman–Crippen MR) is 101 cm³/mol. The number of piperidine rings is 1. The molecular formula is C20H21F2N5O2. The Bertz CT molecular complexity index is 1050. The highest BCUT2D eigenvalue weighted by Gasteiger charge is 2.31. The molecular weight excluding hydrogens is 380 g/mol. The summed E-state index contributed by atoms with van der Waals surface area (Å²) in [5.41, 5.74) is 2.27. The Labute approximate surface area is 166 Å². The molecule has 0 spiro atoms. The van der Waals surface area contributed by atoms with Crippen molar-refractivity contribution < 1.29 is 18.3 Å². The van der Waals surface area contributed by atoms with Crippen LogP contribution in [-0.2, 0) is 11.8 Å². The SMILES string of the molecule is C[C@H](Oc1ccc(F)cc1F)C(=O)N1CCC[C@H](c2nn(C)c3nccnc23)C1. The van der Waals surface area contributed by atoms with Gasteiger partial charge in [-0.25, -0.2) is 23.4 Å². The van der Waals surface area contributed by atoms with Crippen molar-refractivity contribution in [1.82, 2.24) is 24.6 Å². The summed E-state index contributed by atoms with van der Waals surface area (Å²) in [5, 5.41) is 4.58. The number of amides is 1. The van der Waals surface area contributed by atoms with Crippen LogP contribution in [0.15, 0.2) is 30.6 Å². The first-order valence-corrected chi connectivity index (χ1v) is 9.48. The molecule has 1 saturated heterocycles. The molecule has 7 nitrogen and oxygen atoms in total. The predicted octanol–water partition coefficient (Wildman–Crippen LogP) is 2.82. The van der Waals surface area contributed by atoms with E-state index in [0.29, 0.717) is 18.7 Å². The summed E-state index contributed by atoms with van der Waals surface area (Å²) in [4.78, 5) is 23.3. The van der Waals surface area contributed by atoms with Crippen molar-refractivity contribution in [2.45, 2.75) is 31.8 Å². The molecule has 3 aromatic rings. The maximum atomic E-state index is 13.8. The van der Waals surface area contributed by atoms with Gasteiger partial charge in [0, 0.05) is 44.5 Å². The van der Waals surface area contributed by atoms with Crippen LogP contribution in [0.5, 0.6) is 5.75 Å². The average molecular weight is 401 g/mol. The van der Waals surface area contributed by atoms with Gasteiger partial charge in [0.1, 0.15) is 11.3 Å². The molecule has 1 aromatic carbocycles. The number of aromatic nitrogens is 4. The first-order valence-electron chi connectivity index (χ1n) is 9.48. The molecule has 0 aliphatic carbocycles. The van der Waals surface area contributed by atoms with E-state index in [-0.39, 0.29) is 17.6 Å². The van der Waals surface area contributed by atoms with E-state index in [2.05, 4.69) is 15.1 Å². The van der Waals surface area contributed by atoms with Gasteiger partial charge in [0.05, 0.1) is 5.69 Å². The van der Waals surface area contributed by atoms with E-state index in [4.69, 9.17) is 4.74 Å². The Hall–Kier alpha value is -3.10. The minimum Gasteiger partial charge on any atom is -0.478 e. The van der Waals surface area contributed by atoms with Gasteiger partial charge in [0.25, 0.3) is 5.91 Å². The lowest BCUT2D eigenvalue weighted by molar-refractivity contribution is -0.139. The topological polar surface area (TPSA) is 73.1 Å². The molecule has 2 atom stereocenters. The van der Waals surface area contributed by atoms with Gasteiger partial charge in [0.15, 0.2) is 23.3 Å². The molecule has 0 N–H and O–H groups in total. The zero-order valence-corrected chi connectivity index (χ0v) is 16.2. The minimum absolute atomic E-state index is 0.0304. The maximum absolute atomic E-state index is 13.8. The average Bonchev–Trinajstić information content (AvgIpc) is 3.06. The zero-order valence-electron chi connectivity index (χ0n) is 16.2. The Morgan fingerprint density at radius 1 is 1.28 bits per heavy atom. The maximum Gasteiger partial charge on any atom is 0.263 e. The number of halogens is 2. The third-order valence-electron chi connectivity index (χ3n) is 5.15. The van der Waals surface area contributed by atoms with Crippen LogP contribution in [-0.4, -0.2) is 49.7 Å². The van der Waals surface area contributed by atoms with Crippen LogP contribution >= 0.6 is 0 Å². The number of rotatable bonds is 4. The van der Waals surface area contributed by atoms with Crippen molar-refractivity contribution in [3.05, 3.63) is 47.9 Å². The molecule has 9 heteroatoms. The Morgan fingerprint density at radius 2 is 2.07 bits per heavy atom. The van der Waals surface area contributed by atoms with Crippen LogP contribution in [0.2, 0.25) is 0 Å². The van der Waals surface area contributed by atoms with Gasteiger partial charge in [-0.05, 0) is 31.9 Å². The lowest BCUT2D eigenvalue weighted by Crippen LogP contribution is -2.45. The first kappa shape index (κ1) is 19.2. The van der Waals surface area contributed by atoms with Crippen molar-refractivity contribution in [3.63, 3.8) is 0 Å². The normalized spacial score (nSPS) is 18.1. The van der Waals surface area contributed by atoms with E-state index >= 15 is 0 Å². The summed E-state index contributed by atoms with van der Waals surface area (Å²) in [5.74, 6) is -1.89. The lowest BCUT2D eigenvalue weighted by atomic mass is 9.94. The molecule has 152 valence electrons. The fourth-order valence-corrected chi connectivity index (χ4v) is 3.75. The molecule has 4 rings (SSSR count). The number of aryl methyl sites for hydroxylation is 1. The number of nitrogens with zero attached hydrogens (tertiary/aromatic N) is 5. The Kier molecular flexibility index (Phi) is 5.12. The van der Waals surface area contributed by atoms with Crippen molar-refractivity contribution in [3.8, 4) is 5.75 Å². The molecule has 1 fully saturated rings. The second kappa shape index (κ2) is 7.73. The third kappa shape index (κ3) is 3.76. The summed E-state index contributed by atoms with van der Waals surface area (Å²) in [6, 6.07) is 3.02. The highest BCUT2D eigenvalue weighted by atomic mass is 19.1. The van der Waals surface area contributed by atoms with Gasteiger partial charge in [-0.1, -0.05) is 0 Å². The van der Waals surface area contributed by atoms with Crippen molar-refractivity contribution in [2.75, 3.05) is 13.1 Å². The van der Waals surface area contributed by atoms with E-state index < -0.39 is 17.7 Å². The number of fused-ring (bicyclic) bond motifs is 1. The molecule has 1 aliphatic rings. The molecule has 1 aliphatic heterocycles. The molecule has 29 heavy (non-hydrogen) atoms. The quantitative estimate of drug-likeness (QED) is 0.672. The van der Waals surface area contributed by atoms with E-state index in [9.17, 15) is 13.6 Å². The highest BCUT2D eigenvalue weighted by molar-refractivity contribution is 5.81. The summed E-state index contributed by atoms with van der Waals surface area (Å²) in [6.07, 6.45) is 4.06. The molecule has 2 aromatic heterocycles. The van der Waals surface area contributed by atoms with Crippen molar-refractivity contribution in [1.29, 1.82) is 0 Å². The van der Waals surface area contributed by atoms with Crippen molar-refractivity contribution >= 4 is 17.1 Å². The van der Waals surface area contributed by atoms with Gasteiger partial charge in [-0.2, -0.15) is 5.10 Å². The van der Waals surface area contributed by atoms with Gasteiger partial charge >= 0.3 is 0 Å². The highest BCUT2D eigenvalue weighted by Crippen LogP contribution is 2.30. The van der Waals surface area contributed by atoms with E-state index in [0.717, 1.165) is 36.2 Å². The third-order valence-corrected chi connectivity index (χ3v) is 5.15. The van der Waals surface area contributed by atoms with E-state index in [1.54, 1.807) is 28.9 Å². The monoisotopic (exact) mass is 401 g/mol. The fraction of sp³-hybridized carbons (Fsp3) is 0.400. The van der Waals surface area contributed by atoms with Gasteiger partial charge in [-0.15, -0.1) is 0 Å². The molecule has 0 unspecified atom stereocenters. The summed E-state index contributed by atoms with van der Waals surface area (Å²) in [6.45, 7) is 2.63. The van der Waals surface area contributed by atoms with Crippen LogP contribution in [0.3, 0.4) is 0 Å². The standard InChI is InChI=1S/C20H21F2N5O2/c1-12(29-16-6-5-14(21)10-15(16)22)20(28)27-9-3-4-13(11-27)17-18-19(26(2)25-17)24-8-7-23-18/h5-8,10,12-13H,3-4,9,11H2,1-2H3/t12-,13-/m0/s1. The summed E-state index contributed by atoms with van der Waals surface area (Å²) >= 11 is 0. The van der Waals surface area contributed by atoms with E-state index in [1.165, 1.54) is 6.07 Å². The van der Waals surface area contributed by atoms with Crippen LogP contribution in [0, 0.1) is 11.6 Å². The molecule has 0 bridgehead atoms. The number of carbonyl (C=O) groups is 1. The summed E-state index contributed by atoms with van der Waals surface area (Å²) < 4.78 is 34.1. The molecule has 0 radical (unpaired) electrons.